The number of benzene rings is 1. The molecule has 4 aliphatic carbocycles. The van der Waals surface area contributed by atoms with Crippen LogP contribution < -0.4 is 0 Å². The van der Waals surface area contributed by atoms with Crippen LogP contribution in [0.3, 0.4) is 0 Å². The molecular formula is C35H52O2. The fourth-order valence-corrected chi connectivity index (χ4v) is 10.6. The Morgan fingerprint density at radius 2 is 1.70 bits per heavy atom. The van der Waals surface area contributed by atoms with Gasteiger partial charge >= 0.3 is 5.97 Å². The first-order valence-electron chi connectivity index (χ1n) is 15.7. The van der Waals surface area contributed by atoms with Gasteiger partial charge in [-0.25, -0.2) is 0 Å². The molecule has 0 radical (unpaired) electrons. The quantitative estimate of drug-likeness (QED) is 0.401. The van der Waals surface area contributed by atoms with Crippen molar-refractivity contribution in [3.63, 3.8) is 0 Å². The molecule has 0 amide bonds. The zero-order chi connectivity index (χ0) is 26.4. The molecule has 0 aliphatic heterocycles. The maximum absolute atomic E-state index is 11.3. The average molecular weight is 505 g/mol. The van der Waals surface area contributed by atoms with Gasteiger partial charge in [0.2, 0.25) is 0 Å². The van der Waals surface area contributed by atoms with Gasteiger partial charge in [0.1, 0.15) is 0 Å². The number of hydrogen-bond donors (Lipinski definition) is 1. The van der Waals surface area contributed by atoms with E-state index in [1.54, 1.807) is 6.92 Å². The summed E-state index contributed by atoms with van der Waals surface area (Å²) in [5, 5.41) is 9.25. The minimum atomic E-state index is -0.763. The van der Waals surface area contributed by atoms with Gasteiger partial charge in [-0.05, 0) is 122 Å². The van der Waals surface area contributed by atoms with Crippen molar-refractivity contribution in [1.29, 1.82) is 0 Å². The number of carboxylic acid groups (broad SMARTS) is 1. The van der Waals surface area contributed by atoms with Gasteiger partial charge in [-0.3, -0.25) is 4.79 Å². The molecule has 1 aromatic carbocycles. The highest BCUT2D eigenvalue weighted by Gasteiger charge is 2.61. The van der Waals surface area contributed by atoms with Crippen LogP contribution >= 0.6 is 0 Å². The van der Waals surface area contributed by atoms with Crippen molar-refractivity contribution >= 4 is 12.0 Å². The fourth-order valence-electron chi connectivity index (χ4n) is 10.6. The second kappa shape index (κ2) is 10.5. The van der Waals surface area contributed by atoms with Crippen molar-refractivity contribution in [3.05, 3.63) is 41.5 Å². The number of rotatable bonds is 7. The van der Waals surface area contributed by atoms with E-state index in [0.717, 1.165) is 53.4 Å². The molecule has 6 unspecified atom stereocenters. The molecule has 1 N–H and O–H groups in total. The van der Waals surface area contributed by atoms with E-state index in [1.165, 1.54) is 69.8 Å². The van der Waals surface area contributed by atoms with Gasteiger partial charge in [-0.1, -0.05) is 83.4 Å². The van der Waals surface area contributed by atoms with Crippen LogP contribution in [-0.2, 0) is 4.79 Å². The third-order valence-corrected chi connectivity index (χ3v) is 12.7. The third-order valence-electron chi connectivity index (χ3n) is 12.7. The number of allylic oxidation sites excluding steroid dienone is 1. The summed E-state index contributed by atoms with van der Waals surface area (Å²) < 4.78 is 0. The molecule has 204 valence electrons. The number of aliphatic carboxylic acids is 1. The van der Waals surface area contributed by atoms with E-state index in [-0.39, 0.29) is 0 Å². The Hall–Kier alpha value is -1.57. The third kappa shape index (κ3) is 4.74. The van der Waals surface area contributed by atoms with Gasteiger partial charge in [0.05, 0.1) is 5.92 Å². The summed E-state index contributed by atoms with van der Waals surface area (Å²) in [5.41, 5.74) is 3.19. The molecule has 4 fully saturated rings. The van der Waals surface area contributed by atoms with Gasteiger partial charge in [0.15, 0.2) is 0 Å². The lowest BCUT2D eigenvalue weighted by Gasteiger charge is -2.63. The SMILES string of the molecule is CC[C@H]1CC2C3CC[C@H]([C@H](C)C/C=C/c4ccc(C(C)C(=O)O)cc4)C3(C)CC[C@@H]2C2(C)CCCCC12. The van der Waals surface area contributed by atoms with Crippen molar-refractivity contribution in [2.45, 2.75) is 111 Å². The molecule has 4 aliphatic rings. The van der Waals surface area contributed by atoms with Crippen LogP contribution in [0, 0.1) is 52.3 Å². The van der Waals surface area contributed by atoms with E-state index in [0.29, 0.717) is 10.8 Å². The van der Waals surface area contributed by atoms with Gasteiger partial charge in [0, 0.05) is 0 Å². The molecule has 37 heavy (non-hydrogen) atoms. The topological polar surface area (TPSA) is 37.3 Å². The standard InChI is InChI=1S/C35H52O2/c1-6-26-22-28-31-18-17-29(35(31,5)21-19-32(28)34(4)20-8-7-12-30(26)34)23(2)10-9-11-25-13-15-27(16-14-25)24(3)33(36)37/h9,11,13-16,23-24,26,28-32H,6-8,10,12,17-22H2,1-5H3,(H,36,37)/b11-9+/t23-,24?,26+,28?,29-,30?,31?,32+,34?,35?/m1/s1. The van der Waals surface area contributed by atoms with E-state index < -0.39 is 11.9 Å². The van der Waals surface area contributed by atoms with Crippen LogP contribution in [0.1, 0.15) is 122 Å². The Morgan fingerprint density at radius 1 is 0.973 bits per heavy atom. The number of carboxylic acids is 1. The van der Waals surface area contributed by atoms with E-state index >= 15 is 0 Å². The lowest BCUT2D eigenvalue weighted by molar-refractivity contribution is -0.138. The highest BCUT2D eigenvalue weighted by molar-refractivity contribution is 5.75. The Bertz CT molecular complexity index is 977. The van der Waals surface area contributed by atoms with Gasteiger partial charge in [-0.15, -0.1) is 0 Å². The molecule has 0 aromatic heterocycles. The van der Waals surface area contributed by atoms with Crippen LogP contribution in [0.15, 0.2) is 30.3 Å². The summed E-state index contributed by atoms with van der Waals surface area (Å²) >= 11 is 0. The van der Waals surface area contributed by atoms with Crippen molar-refractivity contribution < 1.29 is 9.90 Å². The van der Waals surface area contributed by atoms with Crippen molar-refractivity contribution in [1.82, 2.24) is 0 Å². The number of hydrogen-bond acceptors (Lipinski definition) is 1. The second-order valence-corrected chi connectivity index (χ2v) is 14.2. The summed E-state index contributed by atoms with van der Waals surface area (Å²) in [6.45, 7) is 12.2. The highest BCUT2D eigenvalue weighted by atomic mass is 16.4. The van der Waals surface area contributed by atoms with Crippen molar-refractivity contribution in [3.8, 4) is 0 Å². The highest BCUT2D eigenvalue weighted by Crippen LogP contribution is 2.69. The van der Waals surface area contributed by atoms with E-state index in [2.05, 4.69) is 52.0 Å². The minimum absolute atomic E-state index is 0.451. The summed E-state index contributed by atoms with van der Waals surface area (Å²) in [6.07, 6.45) is 20.5. The minimum Gasteiger partial charge on any atom is -0.481 e. The Labute approximate surface area is 226 Å². The average Bonchev–Trinajstić information content (AvgIpc) is 3.25. The van der Waals surface area contributed by atoms with E-state index in [1.807, 2.05) is 12.1 Å². The first-order valence-corrected chi connectivity index (χ1v) is 15.7. The largest absolute Gasteiger partial charge is 0.481 e. The second-order valence-electron chi connectivity index (χ2n) is 14.2. The molecule has 5 rings (SSSR count). The maximum Gasteiger partial charge on any atom is 0.310 e. The molecule has 2 heteroatoms. The Kier molecular flexibility index (Phi) is 7.69. The van der Waals surface area contributed by atoms with Crippen LogP contribution in [0.25, 0.3) is 6.08 Å². The van der Waals surface area contributed by atoms with Crippen LogP contribution in [-0.4, -0.2) is 11.1 Å². The molecule has 2 nitrogen and oxygen atoms in total. The fraction of sp³-hybridized carbons (Fsp3) is 0.743. The normalized spacial score (nSPS) is 41.0. The lowest BCUT2D eigenvalue weighted by Crippen LogP contribution is -2.55. The molecular weight excluding hydrogens is 452 g/mol. The predicted molar refractivity (Wildman–Crippen MR) is 154 cm³/mol. The maximum atomic E-state index is 11.3. The Balaban J connectivity index is 1.25. The van der Waals surface area contributed by atoms with Crippen molar-refractivity contribution in [2.24, 2.45) is 52.3 Å². The number of carbonyl (C=O) groups is 1. The zero-order valence-electron chi connectivity index (χ0n) is 24.2. The van der Waals surface area contributed by atoms with Crippen molar-refractivity contribution in [2.75, 3.05) is 0 Å². The smallest absolute Gasteiger partial charge is 0.310 e. The van der Waals surface area contributed by atoms with Gasteiger partial charge in [0.25, 0.3) is 0 Å². The van der Waals surface area contributed by atoms with E-state index in [9.17, 15) is 9.90 Å². The van der Waals surface area contributed by atoms with Crippen LogP contribution in [0.2, 0.25) is 0 Å². The zero-order valence-corrected chi connectivity index (χ0v) is 24.2. The first kappa shape index (κ1) is 27.0. The number of fused-ring (bicyclic) bond motifs is 5. The molecule has 0 spiro atoms. The molecule has 10 atom stereocenters. The predicted octanol–water partition coefficient (Wildman–Crippen LogP) is 9.60. The summed E-state index contributed by atoms with van der Waals surface area (Å²) in [7, 11) is 0. The summed E-state index contributed by atoms with van der Waals surface area (Å²) in [6, 6.07) is 8.06. The summed E-state index contributed by atoms with van der Waals surface area (Å²) in [4.78, 5) is 11.3. The van der Waals surface area contributed by atoms with Crippen LogP contribution in [0.5, 0.6) is 0 Å². The van der Waals surface area contributed by atoms with E-state index in [4.69, 9.17) is 0 Å². The van der Waals surface area contributed by atoms with Crippen LogP contribution in [0.4, 0.5) is 0 Å². The first-order chi connectivity index (χ1) is 17.7. The molecule has 4 saturated carbocycles. The van der Waals surface area contributed by atoms with Gasteiger partial charge < -0.3 is 5.11 Å². The Morgan fingerprint density at radius 3 is 2.41 bits per heavy atom. The monoisotopic (exact) mass is 504 g/mol. The lowest BCUT2D eigenvalue weighted by atomic mass is 9.42. The molecule has 0 heterocycles. The molecule has 0 saturated heterocycles. The molecule has 1 aromatic rings. The summed E-state index contributed by atoms with van der Waals surface area (Å²) in [5.74, 6) is 5.23. The molecule has 0 bridgehead atoms. The van der Waals surface area contributed by atoms with Gasteiger partial charge in [-0.2, -0.15) is 0 Å².